The molecule has 0 unspecified atom stereocenters. The molecule has 6 nitrogen and oxygen atoms in total. The molecule has 0 saturated heterocycles. The average molecular weight is 317 g/mol. The maximum absolute atomic E-state index is 11.2. The van der Waals surface area contributed by atoms with Crippen LogP contribution in [0.4, 0.5) is 0 Å². The Morgan fingerprint density at radius 1 is 1.59 bits per heavy atom. The van der Waals surface area contributed by atoms with E-state index < -0.39 is 11.5 Å². The van der Waals surface area contributed by atoms with Gasteiger partial charge in [-0.1, -0.05) is 0 Å². The van der Waals surface area contributed by atoms with E-state index in [1.165, 1.54) is 16.0 Å². The van der Waals surface area contributed by atoms with Gasteiger partial charge in [-0.3, -0.25) is 0 Å². The number of aromatic nitrogens is 4. The summed E-state index contributed by atoms with van der Waals surface area (Å²) in [6.45, 7) is 3.10. The lowest BCUT2D eigenvalue weighted by molar-refractivity contribution is -0.146. The highest BCUT2D eigenvalue weighted by Crippen LogP contribution is 2.33. The molecular formula is C9H9BrN4O2S. The third-order valence-corrected chi connectivity index (χ3v) is 4.18. The van der Waals surface area contributed by atoms with Crippen LogP contribution in [0.2, 0.25) is 0 Å². The highest BCUT2D eigenvalue weighted by molar-refractivity contribution is 9.10. The van der Waals surface area contributed by atoms with E-state index in [0.717, 1.165) is 9.35 Å². The number of carboxylic acid groups (broad SMARTS) is 1. The van der Waals surface area contributed by atoms with Crippen LogP contribution in [0.15, 0.2) is 15.9 Å². The van der Waals surface area contributed by atoms with Gasteiger partial charge in [0.1, 0.15) is 0 Å². The van der Waals surface area contributed by atoms with Crippen molar-refractivity contribution in [2.75, 3.05) is 0 Å². The Bertz CT molecular complexity index is 563. The molecule has 0 aliphatic heterocycles. The van der Waals surface area contributed by atoms with Gasteiger partial charge in [-0.05, 0) is 51.7 Å². The van der Waals surface area contributed by atoms with Crippen LogP contribution in [-0.2, 0) is 10.3 Å². The van der Waals surface area contributed by atoms with E-state index in [0.29, 0.717) is 5.82 Å². The second-order valence-corrected chi connectivity index (χ2v) is 5.65. The maximum Gasteiger partial charge on any atom is 0.331 e. The van der Waals surface area contributed by atoms with E-state index in [2.05, 4.69) is 31.5 Å². The molecule has 0 spiro atoms. The topological polar surface area (TPSA) is 80.9 Å². The lowest BCUT2D eigenvalue weighted by Crippen LogP contribution is -2.37. The van der Waals surface area contributed by atoms with Gasteiger partial charge in [0.25, 0.3) is 0 Å². The molecule has 17 heavy (non-hydrogen) atoms. The fourth-order valence-electron chi connectivity index (χ4n) is 1.25. The van der Waals surface area contributed by atoms with Crippen LogP contribution < -0.4 is 0 Å². The first-order chi connectivity index (χ1) is 7.94. The maximum atomic E-state index is 11.2. The second kappa shape index (κ2) is 4.19. The van der Waals surface area contributed by atoms with E-state index in [1.807, 2.05) is 11.4 Å². The molecule has 2 aromatic rings. The van der Waals surface area contributed by atoms with Gasteiger partial charge in [0.15, 0.2) is 11.4 Å². The number of hydrogen-bond acceptors (Lipinski definition) is 5. The van der Waals surface area contributed by atoms with Crippen molar-refractivity contribution in [2.45, 2.75) is 19.4 Å². The molecule has 0 saturated carbocycles. The molecule has 8 heteroatoms. The predicted octanol–water partition coefficient (Wildman–Crippen LogP) is 1.98. The first-order valence-corrected chi connectivity index (χ1v) is 6.37. The fourth-order valence-corrected chi connectivity index (χ4v) is 2.77. The van der Waals surface area contributed by atoms with Gasteiger partial charge in [0.05, 0.1) is 4.88 Å². The molecule has 0 aromatic carbocycles. The van der Waals surface area contributed by atoms with Gasteiger partial charge in [0.2, 0.25) is 0 Å². The van der Waals surface area contributed by atoms with E-state index in [1.54, 1.807) is 13.8 Å². The lowest BCUT2D eigenvalue weighted by Gasteiger charge is -2.19. The molecule has 0 aliphatic rings. The summed E-state index contributed by atoms with van der Waals surface area (Å²) in [6.07, 6.45) is 0. The van der Waals surface area contributed by atoms with Crippen molar-refractivity contribution < 1.29 is 9.90 Å². The standard InChI is InChI=1S/C9H9BrN4O2S/c1-9(2,8(15)16)14-7(11-12-13-14)6-5(10)3-4-17-6/h3-4H,1-2H3,(H,15,16). The van der Waals surface area contributed by atoms with Gasteiger partial charge >= 0.3 is 5.97 Å². The minimum atomic E-state index is -1.19. The molecule has 0 aliphatic carbocycles. The third-order valence-electron chi connectivity index (χ3n) is 2.34. The molecular weight excluding hydrogens is 308 g/mol. The summed E-state index contributed by atoms with van der Waals surface area (Å²) < 4.78 is 2.16. The fraction of sp³-hybridized carbons (Fsp3) is 0.333. The van der Waals surface area contributed by atoms with E-state index in [-0.39, 0.29) is 0 Å². The number of hydrogen-bond donors (Lipinski definition) is 1. The average Bonchev–Trinajstić information content (AvgIpc) is 2.84. The van der Waals surface area contributed by atoms with Gasteiger partial charge in [-0.15, -0.1) is 16.4 Å². The minimum absolute atomic E-state index is 0.444. The summed E-state index contributed by atoms with van der Waals surface area (Å²) in [6, 6.07) is 1.87. The van der Waals surface area contributed by atoms with Crippen molar-refractivity contribution in [1.82, 2.24) is 20.2 Å². The van der Waals surface area contributed by atoms with Crippen LogP contribution in [0.1, 0.15) is 13.8 Å². The summed E-state index contributed by atoms with van der Waals surface area (Å²) >= 11 is 4.83. The van der Waals surface area contributed by atoms with Gasteiger partial charge in [-0.2, -0.15) is 0 Å². The summed E-state index contributed by atoms with van der Waals surface area (Å²) in [7, 11) is 0. The Labute approximate surface area is 109 Å². The van der Waals surface area contributed by atoms with E-state index >= 15 is 0 Å². The Balaban J connectivity index is 2.57. The number of thiophene rings is 1. The SMILES string of the molecule is CC(C)(C(=O)O)n1nnnc1-c1sccc1Br. The van der Waals surface area contributed by atoms with Crippen LogP contribution in [0.25, 0.3) is 10.7 Å². The van der Waals surface area contributed by atoms with E-state index in [9.17, 15) is 9.90 Å². The summed E-state index contributed by atoms with van der Waals surface area (Å²) in [4.78, 5) is 12.0. The first-order valence-electron chi connectivity index (χ1n) is 4.70. The van der Waals surface area contributed by atoms with Crippen LogP contribution in [0.5, 0.6) is 0 Å². The lowest BCUT2D eigenvalue weighted by atomic mass is 10.1. The van der Waals surface area contributed by atoms with Crippen molar-refractivity contribution in [3.8, 4) is 10.7 Å². The summed E-state index contributed by atoms with van der Waals surface area (Å²) in [5.74, 6) is -0.544. The number of carbonyl (C=O) groups is 1. The first kappa shape index (κ1) is 12.2. The largest absolute Gasteiger partial charge is 0.479 e. The molecule has 0 fully saturated rings. The molecule has 2 heterocycles. The van der Waals surface area contributed by atoms with Crippen molar-refractivity contribution in [1.29, 1.82) is 0 Å². The number of halogens is 1. The zero-order valence-corrected chi connectivity index (χ0v) is 11.5. The van der Waals surface area contributed by atoms with Crippen molar-refractivity contribution >= 4 is 33.2 Å². The zero-order valence-electron chi connectivity index (χ0n) is 9.09. The second-order valence-electron chi connectivity index (χ2n) is 3.88. The van der Waals surface area contributed by atoms with E-state index in [4.69, 9.17) is 0 Å². The Morgan fingerprint density at radius 3 is 2.82 bits per heavy atom. The normalized spacial score (nSPS) is 11.7. The van der Waals surface area contributed by atoms with Gasteiger partial charge < -0.3 is 5.11 Å². The quantitative estimate of drug-likeness (QED) is 0.936. The predicted molar refractivity (Wildman–Crippen MR) is 65.8 cm³/mol. The summed E-state index contributed by atoms with van der Waals surface area (Å²) in [5.41, 5.74) is -1.19. The molecule has 2 rings (SSSR count). The Kier molecular flexibility index (Phi) is 3.00. The molecule has 0 atom stereocenters. The van der Waals surface area contributed by atoms with Gasteiger partial charge in [-0.25, -0.2) is 9.48 Å². The van der Waals surface area contributed by atoms with Crippen molar-refractivity contribution in [3.63, 3.8) is 0 Å². The molecule has 0 radical (unpaired) electrons. The van der Waals surface area contributed by atoms with Crippen LogP contribution in [0, 0.1) is 0 Å². The molecule has 1 N–H and O–H groups in total. The van der Waals surface area contributed by atoms with Crippen LogP contribution in [-0.4, -0.2) is 31.3 Å². The number of tetrazole rings is 1. The monoisotopic (exact) mass is 316 g/mol. The summed E-state index contributed by atoms with van der Waals surface area (Å²) in [5, 5.41) is 22.3. The Morgan fingerprint density at radius 2 is 2.29 bits per heavy atom. The molecule has 90 valence electrons. The minimum Gasteiger partial charge on any atom is -0.479 e. The van der Waals surface area contributed by atoms with Crippen LogP contribution in [0.3, 0.4) is 0 Å². The highest BCUT2D eigenvalue weighted by Gasteiger charge is 2.34. The van der Waals surface area contributed by atoms with Crippen molar-refractivity contribution in [3.05, 3.63) is 15.9 Å². The number of carboxylic acids is 1. The van der Waals surface area contributed by atoms with Gasteiger partial charge in [0, 0.05) is 4.47 Å². The number of aliphatic carboxylic acids is 1. The molecule has 2 aromatic heterocycles. The Hall–Kier alpha value is -1.28. The van der Waals surface area contributed by atoms with Crippen LogP contribution >= 0.6 is 27.3 Å². The highest BCUT2D eigenvalue weighted by atomic mass is 79.9. The number of nitrogens with zero attached hydrogens (tertiary/aromatic N) is 4. The number of rotatable bonds is 3. The smallest absolute Gasteiger partial charge is 0.331 e. The van der Waals surface area contributed by atoms with Crippen molar-refractivity contribution in [2.24, 2.45) is 0 Å². The third kappa shape index (κ3) is 1.98. The molecule has 0 amide bonds. The molecule has 0 bridgehead atoms. The zero-order chi connectivity index (χ0) is 12.6.